The van der Waals surface area contributed by atoms with Crippen LogP contribution in [0.1, 0.15) is 22.5 Å². The van der Waals surface area contributed by atoms with Crippen molar-refractivity contribution in [3.8, 4) is 0 Å². The largest absolute Gasteiger partial charge is 0.369 e. The van der Waals surface area contributed by atoms with Crippen molar-refractivity contribution in [2.24, 2.45) is 0 Å². The van der Waals surface area contributed by atoms with Crippen molar-refractivity contribution in [1.82, 2.24) is 19.9 Å². The number of hydrogen-bond donors (Lipinski definition) is 0. The Morgan fingerprint density at radius 3 is 2.52 bits per heavy atom. The molecule has 7 heteroatoms. The number of nitrogens with zero attached hydrogens (tertiary/aromatic N) is 5. The molecular formula is C22H24ClN5O. The molecule has 0 radical (unpaired) electrons. The van der Waals surface area contributed by atoms with E-state index in [-0.39, 0.29) is 5.78 Å². The van der Waals surface area contributed by atoms with Crippen molar-refractivity contribution >= 4 is 23.1 Å². The van der Waals surface area contributed by atoms with Gasteiger partial charge in [-0.15, -0.1) is 5.10 Å². The second-order valence-corrected chi connectivity index (χ2v) is 7.66. The van der Waals surface area contributed by atoms with Crippen molar-refractivity contribution in [1.29, 1.82) is 0 Å². The van der Waals surface area contributed by atoms with Crippen LogP contribution in [0.15, 0.2) is 60.8 Å². The molecule has 0 amide bonds. The van der Waals surface area contributed by atoms with Crippen LogP contribution < -0.4 is 4.90 Å². The standard InChI is InChI=1S/C22H24ClN5O/c23-19-8-4-9-20(16-19)27-14-12-26(13-15-27)10-5-11-28-17-21(24-25-28)22(29)18-6-2-1-3-7-18/h1-4,6-9,16-17H,5,10-15H2. The highest BCUT2D eigenvalue weighted by molar-refractivity contribution is 6.30. The summed E-state index contributed by atoms with van der Waals surface area (Å²) in [5.41, 5.74) is 2.22. The van der Waals surface area contributed by atoms with Gasteiger partial charge in [0.1, 0.15) is 0 Å². The van der Waals surface area contributed by atoms with Gasteiger partial charge < -0.3 is 4.90 Å². The Hall–Kier alpha value is -2.70. The Morgan fingerprint density at radius 1 is 0.966 bits per heavy atom. The molecule has 0 saturated carbocycles. The average molecular weight is 410 g/mol. The maximum absolute atomic E-state index is 12.4. The van der Waals surface area contributed by atoms with E-state index in [9.17, 15) is 4.79 Å². The number of ketones is 1. The molecule has 150 valence electrons. The van der Waals surface area contributed by atoms with E-state index in [1.165, 1.54) is 5.69 Å². The molecule has 1 aromatic heterocycles. The maximum Gasteiger partial charge on any atom is 0.214 e. The molecule has 0 unspecified atom stereocenters. The fourth-order valence-corrected chi connectivity index (χ4v) is 3.79. The van der Waals surface area contributed by atoms with Crippen LogP contribution in [0.3, 0.4) is 0 Å². The predicted molar refractivity (Wildman–Crippen MR) is 115 cm³/mol. The molecule has 1 aliphatic heterocycles. The zero-order valence-corrected chi connectivity index (χ0v) is 17.0. The number of aryl methyl sites for hydroxylation is 1. The molecule has 0 N–H and O–H groups in total. The van der Waals surface area contributed by atoms with Crippen LogP contribution in [0.5, 0.6) is 0 Å². The fourth-order valence-electron chi connectivity index (χ4n) is 3.61. The van der Waals surface area contributed by atoms with E-state index in [0.717, 1.165) is 50.7 Å². The Kier molecular flexibility index (Phi) is 6.22. The molecule has 3 aromatic rings. The van der Waals surface area contributed by atoms with Gasteiger partial charge in [-0.25, -0.2) is 0 Å². The molecule has 2 aromatic carbocycles. The van der Waals surface area contributed by atoms with E-state index in [1.54, 1.807) is 23.0 Å². The molecule has 1 aliphatic rings. The predicted octanol–water partition coefficient (Wildman–Crippen LogP) is 3.37. The lowest BCUT2D eigenvalue weighted by Crippen LogP contribution is -2.46. The molecule has 2 heterocycles. The molecule has 0 spiro atoms. The molecule has 0 atom stereocenters. The van der Waals surface area contributed by atoms with E-state index in [1.807, 2.05) is 36.4 Å². The number of carbonyl (C=O) groups excluding carboxylic acids is 1. The third-order valence-corrected chi connectivity index (χ3v) is 5.45. The Bertz CT molecular complexity index is 951. The zero-order chi connectivity index (χ0) is 20.1. The number of aromatic nitrogens is 3. The number of rotatable bonds is 7. The van der Waals surface area contributed by atoms with Gasteiger partial charge in [-0.1, -0.05) is 53.2 Å². The van der Waals surface area contributed by atoms with Gasteiger partial charge in [0.15, 0.2) is 5.69 Å². The summed E-state index contributed by atoms with van der Waals surface area (Å²) in [6.07, 6.45) is 2.71. The van der Waals surface area contributed by atoms with Crippen LogP contribution in [0, 0.1) is 0 Å². The molecule has 1 fully saturated rings. The van der Waals surface area contributed by atoms with Crippen molar-refractivity contribution in [2.75, 3.05) is 37.6 Å². The number of piperazine rings is 1. The number of anilines is 1. The molecule has 1 saturated heterocycles. The van der Waals surface area contributed by atoms with Crippen LogP contribution in [0.4, 0.5) is 5.69 Å². The summed E-state index contributed by atoms with van der Waals surface area (Å²) in [7, 11) is 0. The van der Waals surface area contributed by atoms with E-state index in [2.05, 4.69) is 26.2 Å². The minimum Gasteiger partial charge on any atom is -0.369 e. The Labute approximate surface area is 175 Å². The van der Waals surface area contributed by atoms with Crippen LogP contribution >= 0.6 is 11.6 Å². The van der Waals surface area contributed by atoms with E-state index < -0.39 is 0 Å². The van der Waals surface area contributed by atoms with Crippen molar-refractivity contribution in [3.63, 3.8) is 0 Å². The topological polar surface area (TPSA) is 54.3 Å². The lowest BCUT2D eigenvalue weighted by molar-refractivity contribution is 0.103. The van der Waals surface area contributed by atoms with Crippen LogP contribution in [0.2, 0.25) is 5.02 Å². The molecule has 6 nitrogen and oxygen atoms in total. The van der Waals surface area contributed by atoms with Gasteiger partial charge in [0.05, 0.1) is 6.20 Å². The van der Waals surface area contributed by atoms with Gasteiger partial charge in [0.25, 0.3) is 0 Å². The van der Waals surface area contributed by atoms with Gasteiger partial charge in [-0.05, 0) is 24.6 Å². The van der Waals surface area contributed by atoms with Gasteiger partial charge in [0.2, 0.25) is 5.78 Å². The van der Waals surface area contributed by atoms with Gasteiger partial charge in [-0.2, -0.15) is 0 Å². The van der Waals surface area contributed by atoms with Crippen LogP contribution in [-0.2, 0) is 6.54 Å². The first-order chi connectivity index (χ1) is 14.2. The summed E-state index contributed by atoms with van der Waals surface area (Å²) in [5.74, 6) is -0.0889. The zero-order valence-electron chi connectivity index (χ0n) is 16.2. The SMILES string of the molecule is O=C(c1ccccc1)c1cn(CCCN2CCN(c3cccc(Cl)c3)CC2)nn1. The van der Waals surface area contributed by atoms with Gasteiger partial charge >= 0.3 is 0 Å². The summed E-state index contributed by atoms with van der Waals surface area (Å²) in [6.45, 7) is 5.82. The molecule has 0 bridgehead atoms. The Morgan fingerprint density at radius 2 is 1.76 bits per heavy atom. The summed E-state index contributed by atoms with van der Waals surface area (Å²) >= 11 is 6.10. The summed E-state index contributed by atoms with van der Waals surface area (Å²) in [6, 6.07) is 17.2. The first kappa shape index (κ1) is 19.6. The van der Waals surface area contributed by atoms with Crippen LogP contribution in [0.25, 0.3) is 0 Å². The first-order valence-electron chi connectivity index (χ1n) is 9.92. The van der Waals surface area contributed by atoms with E-state index in [0.29, 0.717) is 11.3 Å². The maximum atomic E-state index is 12.4. The molecule has 4 rings (SSSR count). The third-order valence-electron chi connectivity index (χ3n) is 5.21. The summed E-state index contributed by atoms with van der Waals surface area (Å²) in [5, 5.41) is 8.93. The van der Waals surface area contributed by atoms with Crippen molar-refractivity contribution < 1.29 is 4.79 Å². The smallest absolute Gasteiger partial charge is 0.214 e. The minimum atomic E-state index is -0.0889. The Balaban J connectivity index is 1.22. The monoisotopic (exact) mass is 409 g/mol. The van der Waals surface area contributed by atoms with Gasteiger partial charge in [0, 0.05) is 55.5 Å². The normalized spacial score (nSPS) is 14.9. The molecular weight excluding hydrogens is 386 g/mol. The fraction of sp³-hybridized carbons (Fsp3) is 0.318. The number of hydrogen-bond acceptors (Lipinski definition) is 5. The third kappa shape index (κ3) is 5.02. The van der Waals surface area contributed by atoms with E-state index >= 15 is 0 Å². The quantitative estimate of drug-likeness (QED) is 0.560. The second-order valence-electron chi connectivity index (χ2n) is 7.22. The summed E-state index contributed by atoms with van der Waals surface area (Å²) < 4.78 is 1.76. The lowest BCUT2D eigenvalue weighted by Gasteiger charge is -2.36. The van der Waals surface area contributed by atoms with Crippen molar-refractivity contribution in [2.45, 2.75) is 13.0 Å². The number of halogens is 1. The number of benzene rings is 2. The number of carbonyl (C=O) groups is 1. The van der Waals surface area contributed by atoms with E-state index in [4.69, 9.17) is 11.6 Å². The highest BCUT2D eigenvalue weighted by Gasteiger charge is 2.17. The van der Waals surface area contributed by atoms with Gasteiger partial charge in [-0.3, -0.25) is 14.4 Å². The highest BCUT2D eigenvalue weighted by Crippen LogP contribution is 2.20. The highest BCUT2D eigenvalue weighted by atomic mass is 35.5. The molecule has 29 heavy (non-hydrogen) atoms. The molecule has 0 aliphatic carbocycles. The lowest BCUT2D eigenvalue weighted by atomic mass is 10.1. The summed E-state index contributed by atoms with van der Waals surface area (Å²) in [4.78, 5) is 17.3. The average Bonchev–Trinajstić information content (AvgIpc) is 3.23. The second kappa shape index (κ2) is 9.20. The first-order valence-corrected chi connectivity index (χ1v) is 10.3. The van der Waals surface area contributed by atoms with Crippen molar-refractivity contribution in [3.05, 3.63) is 77.1 Å². The minimum absolute atomic E-state index is 0.0889. The van der Waals surface area contributed by atoms with Crippen LogP contribution in [-0.4, -0.2) is 58.4 Å².